The topological polar surface area (TPSA) is 56.7 Å². The molecule has 0 fully saturated rings. The van der Waals surface area contributed by atoms with Gasteiger partial charge in [-0.2, -0.15) is 0 Å². The van der Waals surface area contributed by atoms with Gasteiger partial charge in [-0.15, -0.1) is 18.2 Å². The first-order chi connectivity index (χ1) is 26.5. The molecule has 4 heterocycles. The summed E-state index contributed by atoms with van der Waals surface area (Å²) >= 11 is -1.72. The van der Waals surface area contributed by atoms with Crippen molar-refractivity contribution in [2.45, 2.75) is 43.5 Å². The molecule has 0 bridgehead atoms. The van der Waals surface area contributed by atoms with E-state index in [1.54, 1.807) is 18.3 Å². The second kappa shape index (κ2) is 15.7. The van der Waals surface area contributed by atoms with Crippen molar-refractivity contribution in [3.8, 4) is 39.5 Å². The van der Waals surface area contributed by atoms with Crippen LogP contribution in [-0.2, 0) is 25.5 Å². The smallest absolute Gasteiger partial charge is 0 e. The van der Waals surface area contributed by atoms with Crippen molar-refractivity contribution in [1.29, 1.82) is 0 Å². The van der Waals surface area contributed by atoms with Gasteiger partial charge < -0.3 is 8.98 Å². The third-order valence-corrected chi connectivity index (χ3v) is 14.1. The Bertz CT molecular complexity index is 2780. The van der Waals surface area contributed by atoms with E-state index in [4.69, 9.17) is 9.40 Å². The van der Waals surface area contributed by atoms with Gasteiger partial charge in [0.2, 0.25) is 5.71 Å². The average molecular weight is 974 g/mol. The van der Waals surface area contributed by atoms with Gasteiger partial charge in [-0.3, -0.25) is 4.98 Å². The molecule has 0 saturated heterocycles. The largest absolute Gasteiger partial charge is 0 e. The van der Waals surface area contributed by atoms with Gasteiger partial charge >= 0.3 is 99.8 Å². The molecule has 8 heteroatoms. The summed E-state index contributed by atoms with van der Waals surface area (Å²) in [5.41, 5.74) is 9.32. The number of para-hydroxylation sites is 1. The number of furan rings is 1. The van der Waals surface area contributed by atoms with Gasteiger partial charge in [0.15, 0.2) is 0 Å². The number of nitrogens with zero attached hydrogens (tertiary/aromatic N) is 4. The number of hydrogen-bond donors (Lipinski definition) is 0. The van der Waals surface area contributed by atoms with Crippen molar-refractivity contribution in [3.63, 3.8) is 0 Å². The molecular formula is C48H41FGeIrN4O-2. The molecule has 281 valence electrons. The molecule has 4 aromatic heterocycles. The molecule has 0 atom stereocenters. The predicted octanol–water partition coefficient (Wildman–Crippen LogP) is 12.0. The molecule has 5 aromatic carbocycles. The Balaban J connectivity index is 0.000000238. The summed E-state index contributed by atoms with van der Waals surface area (Å²) in [5, 5.41) is 1.86. The molecule has 0 aliphatic rings. The van der Waals surface area contributed by atoms with E-state index in [0.29, 0.717) is 33.7 Å². The Morgan fingerprint density at radius 3 is 2.27 bits per heavy atom. The number of halogens is 1. The van der Waals surface area contributed by atoms with Crippen LogP contribution < -0.4 is 4.40 Å². The Morgan fingerprint density at radius 2 is 1.55 bits per heavy atom. The molecule has 0 aliphatic heterocycles. The second-order valence-electron chi connectivity index (χ2n) is 15.7. The molecule has 9 aromatic rings. The monoisotopic (exact) mass is 975 g/mol. The van der Waals surface area contributed by atoms with E-state index in [-0.39, 0.29) is 31.3 Å². The van der Waals surface area contributed by atoms with E-state index in [2.05, 4.69) is 107 Å². The van der Waals surface area contributed by atoms with Crippen LogP contribution in [0.15, 0.2) is 144 Å². The molecule has 5 nitrogen and oxygen atoms in total. The molecule has 0 aliphatic carbocycles. The zero-order valence-electron chi connectivity index (χ0n) is 32.2. The molecule has 1 radical (unpaired) electrons. The molecular weight excluding hydrogens is 932 g/mol. The van der Waals surface area contributed by atoms with E-state index in [9.17, 15) is 4.39 Å². The average Bonchev–Trinajstić information content (AvgIpc) is 3.76. The fraction of sp³-hybridized carbons (Fsp3) is 0.146. The summed E-state index contributed by atoms with van der Waals surface area (Å²) in [5.74, 6) is 7.45. The van der Waals surface area contributed by atoms with Crippen molar-refractivity contribution in [2.24, 2.45) is 0 Å². The van der Waals surface area contributed by atoms with Crippen LogP contribution in [0.5, 0.6) is 0 Å². The molecule has 0 saturated carbocycles. The van der Waals surface area contributed by atoms with Gasteiger partial charge in [-0.05, 0) is 46.9 Å². The number of pyridine rings is 2. The third kappa shape index (κ3) is 7.64. The number of benzene rings is 5. The zero-order valence-corrected chi connectivity index (χ0v) is 36.7. The van der Waals surface area contributed by atoms with E-state index >= 15 is 0 Å². The van der Waals surface area contributed by atoms with Crippen molar-refractivity contribution in [1.82, 2.24) is 19.5 Å². The van der Waals surface area contributed by atoms with Gasteiger partial charge in [-0.25, -0.2) is 9.37 Å². The van der Waals surface area contributed by atoms with E-state index in [1.165, 1.54) is 10.5 Å². The predicted molar refractivity (Wildman–Crippen MR) is 226 cm³/mol. The number of imidazole rings is 1. The molecule has 0 N–H and O–H groups in total. The van der Waals surface area contributed by atoms with Crippen LogP contribution in [0, 0.1) is 17.9 Å². The molecule has 0 spiro atoms. The van der Waals surface area contributed by atoms with Gasteiger partial charge in [0.25, 0.3) is 0 Å². The summed E-state index contributed by atoms with van der Waals surface area (Å²) in [6.07, 6.45) is 3.76. The quantitative estimate of drug-likeness (QED) is 0.127. The zero-order chi connectivity index (χ0) is 38.3. The van der Waals surface area contributed by atoms with Crippen LogP contribution in [0.2, 0.25) is 17.3 Å². The van der Waals surface area contributed by atoms with Gasteiger partial charge in [-0.1, -0.05) is 80.3 Å². The van der Waals surface area contributed by atoms with Crippen LogP contribution in [-0.4, -0.2) is 32.8 Å². The first-order valence-electron chi connectivity index (χ1n) is 18.5. The minimum absolute atomic E-state index is 0. The second-order valence-corrected chi connectivity index (χ2v) is 26.4. The fourth-order valence-electron chi connectivity index (χ4n) is 6.97. The Kier molecular flexibility index (Phi) is 11.0. The summed E-state index contributed by atoms with van der Waals surface area (Å²) in [4.78, 5) is 14.0. The number of hydrogen-bond acceptors (Lipinski definition) is 4. The Morgan fingerprint density at radius 1 is 0.750 bits per heavy atom. The Hall–Kier alpha value is -5.21. The number of rotatable bonds is 5. The van der Waals surface area contributed by atoms with Crippen molar-refractivity contribution >= 4 is 50.8 Å². The van der Waals surface area contributed by atoms with Crippen LogP contribution >= 0.6 is 0 Å². The van der Waals surface area contributed by atoms with Crippen molar-refractivity contribution < 1.29 is 28.9 Å². The molecule has 0 unspecified atom stereocenters. The first kappa shape index (κ1) is 39.0. The van der Waals surface area contributed by atoms with Gasteiger partial charge in [0.05, 0.1) is 28.1 Å². The number of fused-ring (bicyclic) bond motifs is 4. The van der Waals surface area contributed by atoms with E-state index in [1.807, 2.05) is 72.9 Å². The third-order valence-electron chi connectivity index (χ3n) is 9.82. The minimum Gasteiger partial charge on any atom is 0 e. The number of aromatic nitrogens is 4. The Labute approximate surface area is 343 Å². The summed E-state index contributed by atoms with van der Waals surface area (Å²) in [6.45, 7) is 6.58. The van der Waals surface area contributed by atoms with Crippen molar-refractivity contribution in [2.75, 3.05) is 0 Å². The van der Waals surface area contributed by atoms with E-state index in [0.717, 1.165) is 44.4 Å². The maximum absolute atomic E-state index is 14.8. The van der Waals surface area contributed by atoms with Crippen LogP contribution in [0.25, 0.3) is 72.6 Å². The molecule has 56 heavy (non-hydrogen) atoms. The van der Waals surface area contributed by atoms with Crippen LogP contribution in [0.3, 0.4) is 0 Å². The standard InChI is InChI=1S/C34H25FN3O.C14H16GeN.Ir/c1-34(2,3)27-16-8-12-23(21-10-5-4-6-11-21)30(27)38-29-20-22(35)17-18-28(29)37-32(38)26-14-7-13-24-25-15-9-19-36-33(25)39-31(24)26;1-15(2,3)13-9-10-14(16-11-13)12-7-5-4-6-8-12;/h4-13,15-20H,1-3H3;4-7,9-11H,1-3H3;/q2*-1;. The van der Waals surface area contributed by atoms with Gasteiger partial charge in [0.1, 0.15) is 5.82 Å². The summed E-state index contributed by atoms with van der Waals surface area (Å²) in [7, 11) is 0. The van der Waals surface area contributed by atoms with Crippen molar-refractivity contribution in [3.05, 3.63) is 163 Å². The maximum Gasteiger partial charge on any atom is 0 e. The summed E-state index contributed by atoms with van der Waals surface area (Å²) in [6, 6.07) is 48.0. The molecule has 0 amide bonds. The first-order valence-corrected chi connectivity index (χ1v) is 25.8. The molecule has 9 rings (SSSR count). The van der Waals surface area contributed by atoms with E-state index < -0.39 is 13.3 Å². The maximum atomic E-state index is 14.8. The SMILES string of the molecule is CC(C)(C)c1cccc(-c2ccccc2)c1-n1c(-c2[c-]ccc3c2oc2ncccc23)nc2ccc(F)cc21.[CH3][Ge]([CH3])([CH3])[c]1ccc(-c2[c-]cccc2)nc1.[Ir]. The van der Waals surface area contributed by atoms with Gasteiger partial charge in [0, 0.05) is 37.3 Å². The minimum atomic E-state index is -1.72. The van der Waals surface area contributed by atoms with Crippen LogP contribution in [0.1, 0.15) is 26.3 Å². The summed E-state index contributed by atoms with van der Waals surface area (Å²) < 4.78 is 24.6. The fourth-order valence-corrected chi connectivity index (χ4v) is 9.15. The van der Waals surface area contributed by atoms with Crippen LogP contribution in [0.4, 0.5) is 4.39 Å². The normalized spacial score (nSPS) is 11.7.